The maximum Gasteiger partial charge on any atom is 0.307 e. The molecule has 0 saturated carbocycles. The summed E-state index contributed by atoms with van der Waals surface area (Å²) in [5.74, 6) is 0.401. The normalized spacial score (nSPS) is 10.4. The summed E-state index contributed by atoms with van der Waals surface area (Å²) in [4.78, 5) is 23.1. The topological polar surface area (TPSA) is 100 Å². The number of carbonyl (C=O) groups excluding carboxylic acids is 2. The number of carbonyl (C=O) groups is 2. The van der Waals surface area contributed by atoms with Gasteiger partial charge in [-0.2, -0.15) is 5.26 Å². The fourth-order valence-electron chi connectivity index (χ4n) is 2.03. The Labute approximate surface area is 157 Å². The van der Waals surface area contributed by atoms with Gasteiger partial charge in [0.1, 0.15) is 23.1 Å². The third-order valence-electron chi connectivity index (χ3n) is 3.40. The van der Waals surface area contributed by atoms with Crippen molar-refractivity contribution in [2.24, 2.45) is 0 Å². The van der Waals surface area contributed by atoms with Crippen LogP contribution in [0.25, 0.3) is 0 Å². The van der Waals surface area contributed by atoms with Crippen molar-refractivity contribution in [2.45, 2.75) is 6.42 Å². The number of rotatable bonds is 8. The Bertz CT molecular complexity index is 840. The molecule has 7 heteroatoms. The Morgan fingerprint density at radius 1 is 1.07 bits per heavy atom. The van der Waals surface area contributed by atoms with Gasteiger partial charge in [0.25, 0.3) is 5.91 Å². The molecule has 0 bridgehead atoms. The molecule has 0 aliphatic carbocycles. The van der Waals surface area contributed by atoms with Crippen LogP contribution in [0.5, 0.6) is 11.5 Å². The van der Waals surface area contributed by atoms with Gasteiger partial charge in [0.05, 0.1) is 13.5 Å². The van der Waals surface area contributed by atoms with E-state index in [-0.39, 0.29) is 24.5 Å². The third-order valence-corrected chi connectivity index (χ3v) is 3.40. The lowest BCUT2D eigenvalue weighted by Gasteiger charge is -2.08. The molecule has 2 rings (SSSR count). The highest BCUT2D eigenvalue weighted by molar-refractivity contribution is 6.06. The first kappa shape index (κ1) is 19.5. The Morgan fingerprint density at radius 2 is 1.74 bits per heavy atom. The molecule has 1 amide bonds. The van der Waals surface area contributed by atoms with E-state index in [1.54, 1.807) is 24.3 Å². The van der Waals surface area contributed by atoms with Crippen molar-refractivity contribution in [3.05, 3.63) is 66.4 Å². The average Bonchev–Trinajstić information content (AvgIpc) is 2.70. The molecule has 0 radical (unpaired) electrons. The standard InChI is InChI=1S/C20H19N3O4/c1-26-19(24)11-12-22-14-15(13-21)20(25)23-16-7-9-18(10-8-16)27-17-5-3-2-4-6-17/h2-10,14,22H,11-12H2,1H3,(H,23,25)/b15-14-. The van der Waals surface area contributed by atoms with E-state index in [0.717, 1.165) is 0 Å². The molecule has 0 unspecified atom stereocenters. The van der Waals surface area contributed by atoms with Gasteiger partial charge in [0, 0.05) is 18.4 Å². The number of nitriles is 1. The molecule has 0 spiro atoms. The van der Waals surface area contributed by atoms with E-state index in [1.165, 1.54) is 13.3 Å². The zero-order valence-electron chi connectivity index (χ0n) is 14.8. The summed E-state index contributed by atoms with van der Waals surface area (Å²) in [6.07, 6.45) is 1.40. The number of esters is 1. The molecule has 2 aromatic rings. The highest BCUT2D eigenvalue weighted by Crippen LogP contribution is 2.22. The second-order valence-electron chi connectivity index (χ2n) is 5.34. The minimum absolute atomic E-state index is 0.107. The van der Waals surface area contributed by atoms with Crippen LogP contribution in [0.1, 0.15) is 6.42 Å². The Kier molecular flexibility index (Phi) is 7.42. The molecule has 2 aromatic carbocycles. The highest BCUT2D eigenvalue weighted by atomic mass is 16.5. The van der Waals surface area contributed by atoms with E-state index in [0.29, 0.717) is 17.2 Å². The van der Waals surface area contributed by atoms with Crippen molar-refractivity contribution in [1.29, 1.82) is 5.26 Å². The lowest BCUT2D eigenvalue weighted by atomic mass is 10.2. The third kappa shape index (κ3) is 6.55. The number of ether oxygens (including phenoxy) is 2. The minimum Gasteiger partial charge on any atom is -0.469 e. The number of hydrogen-bond donors (Lipinski definition) is 2. The van der Waals surface area contributed by atoms with Crippen LogP contribution < -0.4 is 15.4 Å². The summed E-state index contributed by atoms with van der Waals surface area (Å²) in [7, 11) is 1.29. The van der Waals surface area contributed by atoms with Gasteiger partial charge in [0.15, 0.2) is 0 Å². The first-order chi connectivity index (χ1) is 13.1. The summed E-state index contributed by atoms with van der Waals surface area (Å²) in [6, 6.07) is 17.9. The average molecular weight is 365 g/mol. The van der Waals surface area contributed by atoms with Crippen LogP contribution in [0.4, 0.5) is 5.69 Å². The largest absolute Gasteiger partial charge is 0.469 e. The maximum atomic E-state index is 12.1. The van der Waals surface area contributed by atoms with Crippen molar-refractivity contribution >= 4 is 17.6 Å². The quantitative estimate of drug-likeness (QED) is 0.323. The van der Waals surface area contributed by atoms with Crippen LogP contribution in [-0.4, -0.2) is 25.5 Å². The van der Waals surface area contributed by atoms with E-state index in [2.05, 4.69) is 15.4 Å². The minimum atomic E-state index is -0.556. The Balaban J connectivity index is 1.90. The molecular weight excluding hydrogens is 346 g/mol. The molecule has 0 atom stereocenters. The lowest BCUT2D eigenvalue weighted by Crippen LogP contribution is -2.18. The molecule has 0 aromatic heterocycles. The molecule has 0 aliphatic heterocycles. The van der Waals surface area contributed by atoms with Crippen molar-refractivity contribution in [3.63, 3.8) is 0 Å². The van der Waals surface area contributed by atoms with Gasteiger partial charge in [-0.15, -0.1) is 0 Å². The van der Waals surface area contributed by atoms with Crippen LogP contribution in [0.15, 0.2) is 66.4 Å². The van der Waals surface area contributed by atoms with Gasteiger partial charge in [0.2, 0.25) is 0 Å². The molecular formula is C20H19N3O4. The number of anilines is 1. The fraction of sp³-hybridized carbons (Fsp3) is 0.150. The van der Waals surface area contributed by atoms with Gasteiger partial charge >= 0.3 is 5.97 Å². The van der Waals surface area contributed by atoms with Gasteiger partial charge in [-0.3, -0.25) is 9.59 Å². The molecule has 27 heavy (non-hydrogen) atoms. The Morgan fingerprint density at radius 3 is 2.37 bits per heavy atom. The van der Waals surface area contributed by atoms with E-state index < -0.39 is 5.91 Å². The van der Waals surface area contributed by atoms with E-state index >= 15 is 0 Å². The van der Waals surface area contributed by atoms with Gasteiger partial charge in [-0.05, 0) is 36.4 Å². The number of benzene rings is 2. The smallest absolute Gasteiger partial charge is 0.307 e. The number of para-hydroxylation sites is 1. The SMILES string of the molecule is COC(=O)CCN/C=C(/C#N)C(=O)Nc1ccc(Oc2ccccc2)cc1. The molecule has 138 valence electrons. The monoisotopic (exact) mass is 365 g/mol. The van der Waals surface area contributed by atoms with Gasteiger partial charge < -0.3 is 20.1 Å². The molecule has 2 N–H and O–H groups in total. The number of methoxy groups -OCH3 is 1. The molecule has 0 saturated heterocycles. The number of amides is 1. The van der Waals surface area contributed by atoms with Crippen molar-refractivity contribution in [2.75, 3.05) is 19.0 Å². The van der Waals surface area contributed by atoms with Crippen molar-refractivity contribution in [1.82, 2.24) is 5.32 Å². The molecule has 0 aliphatic rings. The lowest BCUT2D eigenvalue weighted by molar-refractivity contribution is -0.140. The molecule has 0 fully saturated rings. The summed E-state index contributed by atoms with van der Waals surface area (Å²) in [6.45, 7) is 0.261. The Hall–Kier alpha value is -3.79. The second-order valence-corrected chi connectivity index (χ2v) is 5.34. The van der Waals surface area contributed by atoms with Crippen LogP contribution >= 0.6 is 0 Å². The van der Waals surface area contributed by atoms with E-state index in [1.807, 2.05) is 36.4 Å². The zero-order chi connectivity index (χ0) is 19.5. The van der Waals surface area contributed by atoms with Crippen LogP contribution in [0.3, 0.4) is 0 Å². The fourth-order valence-corrected chi connectivity index (χ4v) is 2.03. The zero-order valence-corrected chi connectivity index (χ0v) is 14.8. The molecule has 0 heterocycles. The van der Waals surface area contributed by atoms with Crippen LogP contribution in [0.2, 0.25) is 0 Å². The van der Waals surface area contributed by atoms with Gasteiger partial charge in [-0.1, -0.05) is 18.2 Å². The number of nitrogens with one attached hydrogen (secondary N) is 2. The molecule has 7 nitrogen and oxygen atoms in total. The number of hydrogen-bond acceptors (Lipinski definition) is 6. The summed E-state index contributed by atoms with van der Waals surface area (Å²) < 4.78 is 10.2. The predicted molar refractivity (Wildman–Crippen MR) is 99.9 cm³/mol. The van der Waals surface area contributed by atoms with E-state index in [4.69, 9.17) is 10.00 Å². The number of nitrogens with zero attached hydrogens (tertiary/aromatic N) is 1. The van der Waals surface area contributed by atoms with Crippen molar-refractivity contribution in [3.8, 4) is 17.6 Å². The van der Waals surface area contributed by atoms with E-state index in [9.17, 15) is 9.59 Å². The summed E-state index contributed by atoms with van der Waals surface area (Å²) in [5, 5.41) is 14.5. The first-order valence-electron chi connectivity index (χ1n) is 8.17. The van der Waals surface area contributed by atoms with Gasteiger partial charge in [-0.25, -0.2) is 0 Å². The maximum absolute atomic E-state index is 12.1. The summed E-state index contributed by atoms with van der Waals surface area (Å²) >= 11 is 0. The van der Waals surface area contributed by atoms with Crippen LogP contribution in [0, 0.1) is 11.3 Å². The first-order valence-corrected chi connectivity index (χ1v) is 8.17. The second kappa shape index (κ2) is 10.3. The van der Waals surface area contributed by atoms with Crippen molar-refractivity contribution < 1.29 is 19.1 Å². The highest BCUT2D eigenvalue weighted by Gasteiger charge is 2.09. The predicted octanol–water partition coefficient (Wildman–Crippen LogP) is 2.98. The summed E-state index contributed by atoms with van der Waals surface area (Å²) in [5.41, 5.74) is 0.417. The van der Waals surface area contributed by atoms with Crippen LogP contribution in [-0.2, 0) is 14.3 Å².